The molecule has 0 aliphatic carbocycles. The van der Waals surface area contributed by atoms with Crippen LogP contribution in [-0.4, -0.2) is 10.8 Å². The molecule has 6 nitrogen and oxygen atoms in total. The number of hydrogen-bond donors (Lipinski definition) is 1. The molecule has 0 fully saturated rings. The Morgan fingerprint density at radius 3 is 2.30 bits per heavy atom. The molecule has 136 valence electrons. The SMILES string of the molecule is O=C(Nc1cc(Oc2cccc(Cl)c2)cc([N+](=O)[O-])c1)c1cccc(Cl)c1. The molecular formula is C19H12Cl2N2O4. The molecule has 8 heteroatoms. The summed E-state index contributed by atoms with van der Waals surface area (Å²) >= 11 is 11.8. The smallest absolute Gasteiger partial charge is 0.275 e. The molecule has 0 aliphatic rings. The fourth-order valence-corrected chi connectivity index (χ4v) is 2.69. The lowest BCUT2D eigenvalue weighted by Gasteiger charge is -2.10. The number of non-ortho nitro benzene ring substituents is 1. The minimum absolute atomic E-state index is 0.188. The van der Waals surface area contributed by atoms with Crippen LogP contribution in [0.3, 0.4) is 0 Å². The van der Waals surface area contributed by atoms with Crippen molar-refractivity contribution in [2.75, 3.05) is 5.32 Å². The maximum absolute atomic E-state index is 12.4. The lowest BCUT2D eigenvalue weighted by molar-refractivity contribution is -0.384. The standard InChI is InChI=1S/C19H12Cl2N2O4/c20-13-4-1-3-12(7-13)19(24)22-15-9-16(23(25)26)11-18(10-15)27-17-6-2-5-14(21)8-17/h1-11H,(H,22,24). The second kappa shape index (κ2) is 8.07. The Morgan fingerprint density at radius 2 is 1.63 bits per heavy atom. The van der Waals surface area contributed by atoms with Crippen LogP contribution < -0.4 is 10.1 Å². The van der Waals surface area contributed by atoms with Gasteiger partial charge in [-0.3, -0.25) is 14.9 Å². The number of carbonyl (C=O) groups excluding carboxylic acids is 1. The van der Waals surface area contributed by atoms with Crippen molar-refractivity contribution in [1.29, 1.82) is 0 Å². The van der Waals surface area contributed by atoms with Gasteiger partial charge in [0.15, 0.2) is 0 Å². The average Bonchev–Trinajstić information content (AvgIpc) is 2.61. The van der Waals surface area contributed by atoms with Gasteiger partial charge < -0.3 is 10.1 Å². The Bertz CT molecular complexity index is 1020. The highest BCUT2D eigenvalue weighted by atomic mass is 35.5. The molecule has 0 atom stereocenters. The van der Waals surface area contributed by atoms with Gasteiger partial charge >= 0.3 is 0 Å². The van der Waals surface area contributed by atoms with Crippen molar-refractivity contribution in [2.45, 2.75) is 0 Å². The summed E-state index contributed by atoms with van der Waals surface area (Å²) in [6.07, 6.45) is 0. The first-order valence-electron chi connectivity index (χ1n) is 7.70. The van der Waals surface area contributed by atoms with Crippen molar-refractivity contribution in [3.63, 3.8) is 0 Å². The van der Waals surface area contributed by atoms with Gasteiger partial charge in [-0.1, -0.05) is 35.3 Å². The lowest BCUT2D eigenvalue weighted by Crippen LogP contribution is -2.12. The van der Waals surface area contributed by atoms with Crippen LogP contribution in [-0.2, 0) is 0 Å². The molecule has 0 aromatic heterocycles. The second-order valence-corrected chi connectivity index (χ2v) is 6.37. The number of benzene rings is 3. The second-order valence-electron chi connectivity index (χ2n) is 5.50. The predicted octanol–water partition coefficient (Wildman–Crippen LogP) is 5.95. The summed E-state index contributed by atoms with van der Waals surface area (Å²) in [4.78, 5) is 23.0. The summed E-state index contributed by atoms with van der Waals surface area (Å²) in [7, 11) is 0. The van der Waals surface area contributed by atoms with Crippen molar-refractivity contribution in [2.24, 2.45) is 0 Å². The zero-order valence-electron chi connectivity index (χ0n) is 13.7. The maximum atomic E-state index is 12.4. The first-order chi connectivity index (χ1) is 12.9. The Labute approximate surface area is 164 Å². The van der Waals surface area contributed by atoms with E-state index < -0.39 is 10.8 Å². The predicted molar refractivity (Wildman–Crippen MR) is 104 cm³/mol. The van der Waals surface area contributed by atoms with Crippen LogP contribution in [0.2, 0.25) is 10.0 Å². The summed E-state index contributed by atoms with van der Waals surface area (Å²) in [5.41, 5.74) is 0.313. The molecule has 0 aliphatic heterocycles. The van der Waals surface area contributed by atoms with E-state index in [9.17, 15) is 14.9 Å². The Balaban J connectivity index is 1.89. The molecule has 0 unspecified atom stereocenters. The number of nitrogens with one attached hydrogen (secondary N) is 1. The molecule has 0 spiro atoms. The number of nitro benzene ring substituents is 1. The van der Waals surface area contributed by atoms with Gasteiger partial charge in [0.25, 0.3) is 11.6 Å². The van der Waals surface area contributed by atoms with Crippen LogP contribution in [0.5, 0.6) is 11.5 Å². The fourth-order valence-electron chi connectivity index (χ4n) is 2.32. The number of ether oxygens (including phenoxy) is 1. The summed E-state index contributed by atoms with van der Waals surface area (Å²) in [6, 6.07) is 17.0. The number of anilines is 1. The molecule has 0 bridgehead atoms. The van der Waals surface area contributed by atoms with E-state index in [2.05, 4.69) is 5.32 Å². The number of nitro groups is 1. The van der Waals surface area contributed by atoms with Gasteiger partial charge in [-0.25, -0.2) is 0 Å². The highest BCUT2D eigenvalue weighted by molar-refractivity contribution is 6.31. The van der Waals surface area contributed by atoms with Gasteiger partial charge in [-0.05, 0) is 36.4 Å². The van der Waals surface area contributed by atoms with Gasteiger partial charge in [-0.2, -0.15) is 0 Å². The van der Waals surface area contributed by atoms with Crippen LogP contribution in [0, 0.1) is 10.1 Å². The lowest BCUT2D eigenvalue weighted by atomic mass is 10.2. The number of halogens is 2. The van der Waals surface area contributed by atoms with Crippen LogP contribution in [0.15, 0.2) is 66.7 Å². The molecule has 3 aromatic carbocycles. The van der Waals surface area contributed by atoms with Crippen LogP contribution >= 0.6 is 23.2 Å². The van der Waals surface area contributed by atoms with Crippen molar-refractivity contribution in [3.8, 4) is 11.5 Å². The highest BCUT2D eigenvalue weighted by Crippen LogP contribution is 2.31. The quantitative estimate of drug-likeness (QED) is 0.422. The summed E-state index contributed by atoms with van der Waals surface area (Å²) in [5.74, 6) is 0.148. The van der Waals surface area contributed by atoms with E-state index in [0.29, 0.717) is 21.4 Å². The molecule has 0 saturated heterocycles. The third kappa shape index (κ3) is 4.97. The van der Waals surface area contributed by atoms with Crippen molar-refractivity contribution >= 4 is 40.5 Å². The van der Waals surface area contributed by atoms with Crippen LogP contribution in [0.4, 0.5) is 11.4 Å². The third-order valence-corrected chi connectivity index (χ3v) is 3.95. The molecule has 27 heavy (non-hydrogen) atoms. The van der Waals surface area contributed by atoms with E-state index in [-0.39, 0.29) is 17.1 Å². The monoisotopic (exact) mass is 402 g/mol. The van der Waals surface area contributed by atoms with Crippen molar-refractivity contribution < 1.29 is 14.5 Å². The van der Waals surface area contributed by atoms with Gasteiger partial charge in [0, 0.05) is 27.7 Å². The maximum Gasteiger partial charge on any atom is 0.275 e. The molecule has 0 heterocycles. The molecular weight excluding hydrogens is 391 g/mol. The average molecular weight is 403 g/mol. The topological polar surface area (TPSA) is 81.5 Å². The van der Waals surface area contributed by atoms with E-state index in [1.807, 2.05) is 0 Å². The number of amides is 1. The van der Waals surface area contributed by atoms with E-state index in [4.69, 9.17) is 27.9 Å². The summed E-state index contributed by atoms with van der Waals surface area (Å²) in [6.45, 7) is 0. The number of carbonyl (C=O) groups is 1. The largest absolute Gasteiger partial charge is 0.457 e. The molecule has 1 amide bonds. The van der Waals surface area contributed by atoms with Gasteiger partial charge in [0.05, 0.1) is 16.7 Å². The molecule has 0 radical (unpaired) electrons. The Kier molecular flexibility index (Phi) is 5.59. The first-order valence-corrected chi connectivity index (χ1v) is 8.46. The minimum atomic E-state index is -0.570. The third-order valence-electron chi connectivity index (χ3n) is 3.48. The van der Waals surface area contributed by atoms with E-state index in [1.165, 1.54) is 24.3 Å². The molecule has 3 rings (SSSR count). The van der Waals surface area contributed by atoms with Crippen molar-refractivity contribution in [3.05, 3.63) is 92.5 Å². The zero-order chi connectivity index (χ0) is 19.4. The van der Waals surface area contributed by atoms with Gasteiger partial charge in [-0.15, -0.1) is 0 Å². The zero-order valence-corrected chi connectivity index (χ0v) is 15.2. The van der Waals surface area contributed by atoms with Crippen molar-refractivity contribution in [1.82, 2.24) is 0 Å². The fraction of sp³-hybridized carbons (Fsp3) is 0. The van der Waals surface area contributed by atoms with E-state index in [1.54, 1.807) is 42.5 Å². The summed E-state index contributed by atoms with van der Waals surface area (Å²) < 4.78 is 5.64. The van der Waals surface area contributed by atoms with Gasteiger partial charge in [0.1, 0.15) is 11.5 Å². The number of hydrogen-bond acceptors (Lipinski definition) is 4. The van der Waals surface area contributed by atoms with Crippen LogP contribution in [0.1, 0.15) is 10.4 Å². The molecule has 1 N–H and O–H groups in total. The van der Waals surface area contributed by atoms with Gasteiger partial charge in [0.2, 0.25) is 0 Å². The highest BCUT2D eigenvalue weighted by Gasteiger charge is 2.14. The van der Waals surface area contributed by atoms with E-state index in [0.717, 1.165) is 0 Å². The number of rotatable bonds is 5. The first kappa shape index (κ1) is 18.7. The Hall–Kier alpha value is -3.09. The summed E-state index contributed by atoms with van der Waals surface area (Å²) in [5, 5.41) is 14.7. The Morgan fingerprint density at radius 1 is 0.926 bits per heavy atom. The van der Waals surface area contributed by atoms with Crippen LogP contribution in [0.25, 0.3) is 0 Å². The minimum Gasteiger partial charge on any atom is -0.457 e. The molecule has 3 aromatic rings. The normalized spacial score (nSPS) is 10.3. The number of nitrogens with zero attached hydrogens (tertiary/aromatic N) is 1. The van der Waals surface area contributed by atoms with E-state index >= 15 is 0 Å². The molecule has 0 saturated carbocycles.